The minimum absolute atomic E-state index is 0.0387. The van der Waals surface area contributed by atoms with Gasteiger partial charge in [-0.1, -0.05) is 0 Å². The maximum atomic E-state index is 13.9. The van der Waals surface area contributed by atoms with Crippen LogP contribution in [-0.4, -0.2) is 17.6 Å². The molecule has 1 aliphatic heterocycles. The molecule has 1 heterocycles. The Morgan fingerprint density at radius 1 is 1.35 bits per heavy atom. The zero-order valence-electron chi connectivity index (χ0n) is 9.45. The Morgan fingerprint density at radius 2 is 2.18 bits per heavy atom. The largest absolute Gasteiger partial charge is 0.388 e. The summed E-state index contributed by atoms with van der Waals surface area (Å²) in [4.78, 5) is 13.2. The molecule has 1 aromatic rings. The highest BCUT2D eigenvalue weighted by Gasteiger charge is 2.28. The van der Waals surface area contributed by atoms with Gasteiger partial charge in [0.1, 0.15) is 5.82 Å². The zero-order valence-corrected chi connectivity index (χ0v) is 9.45. The first-order valence-electron chi connectivity index (χ1n) is 5.97. The molecule has 1 aromatic carbocycles. The Morgan fingerprint density at radius 3 is 2.88 bits per heavy atom. The van der Waals surface area contributed by atoms with Gasteiger partial charge in [0.2, 0.25) is 5.91 Å². The van der Waals surface area contributed by atoms with Crippen LogP contribution >= 0.6 is 0 Å². The van der Waals surface area contributed by atoms with Gasteiger partial charge in [-0.2, -0.15) is 0 Å². The number of anilines is 1. The summed E-state index contributed by atoms with van der Waals surface area (Å²) in [6.07, 6.45) is 1.92. The van der Waals surface area contributed by atoms with E-state index in [-0.39, 0.29) is 11.7 Å². The fourth-order valence-corrected chi connectivity index (χ4v) is 2.72. The van der Waals surface area contributed by atoms with Crippen LogP contribution in [0.25, 0.3) is 0 Å². The van der Waals surface area contributed by atoms with Gasteiger partial charge in [0.15, 0.2) is 0 Å². The number of hydrogen-bond donors (Lipinski definition) is 1. The molecule has 0 radical (unpaired) electrons. The van der Waals surface area contributed by atoms with E-state index < -0.39 is 6.10 Å². The molecule has 2 aliphatic rings. The van der Waals surface area contributed by atoms with Crippen molar-refractivity contribution in [2.45, 2.75) is 31.8 Å². The highest BCUT2D eigenvalue weighted by atomic mass is 19.1. The number of carbonyl (C=O) groups is 1. The van der Waals surface area contributed by atoms with E-state index in [1.165, 1.54) is 6.07 Å². The van der Waals surface area contributed by atoms with Crippen molar-refractivity contribution in [3.05, 3.63) is 29.1 Å². The Balaban J connectivity index is 2.05. The molecule has 90 valence electrons. The number of rotatable bonds is 1. The molecule has 3 nitrogen and oxygen atoms in total. The summed E-state index contributed by atoms with van der Waals surface area (Å²) in [5.74, 6) is -0.259. The quantitative estimate of drug-likeness (QED) is 0.808. The molecule has 1 fully saturated rings. The zero-order chi connectivity index (χ0) is 12.0. The van der Waals surface area contributed by atoms with Crippen LogP contribution in [0.2, 0.25) is 0 Å². The molecule has 1 saturated heterocycles. The molecule has 0 spiro atoms. The van der Waals surface area contributed by atoms with E-state index in [2.05, 4.69) is 0 Å². The summed E-state index contributed by atoms with van der Waals surface area (Å²) >= 11 is 0. The first-order chi connectivity index (χ1) is 8.16. The Bertz CT molecular complexity index is 487. The Kier molecular flexibility index (Phi) is 2.40. The number of nitrogens with zero attached hydrogens (tertiary/aromatic N) is 1. The van der Waals surface area contributed by atoms with Crippen molar-refractivity contribution in [3.8, 4) is 0 Å². The summed E-state index contributed by atoms with van der Waals surface area (Å²) < 4.78 is 13.9. The number of fused-ring (bicyclic) bond motifs is 1. The maximum Gasteiger partial charge on any atom is 0.227 e. The summed E-state index contributed by atoms with van der Waals surface area (Å²) in [6, 6.07) is 3.18. The summed E-state index contributed by atoms with van der Waals surface area (Å²) in [7, 11) is 0. The van der Waals surface area contributed by atoms with Crippen LogP contribution < -0.4 is 4.90 Å². The van der Waals surface area contributed by atoms with E-state index in [0.29, 0.717) is 42.6 Å². The van der Waals surface area contributed by atoms with Crippen LogP contribution in [0.15, 0.2) is 12.1 Å². The number of halogens is 1. The van der Waals surface area contributed by atoms with Gasteiger partial charge < -0.3 is 10.0 Å². The predicted octanol–water partition coefficient (Wildman–Crippen LogP) is 1.93. The fourth-order valence-electron chi connectivity index (χ4n) is 2.72. The average Bonchev–Trinajstić information content (AvgIpc) is 2.86. The lowest BCUT2D eigenvalue weighted by Gasteiger charge is -2.18. The molecule has 0 bridgehead atoms. The molecule has 1 N–H and O–H groups in total. The molecule has 3 rings (SSSR count). The van der Waals surface area contributed by atoms with Crippen molar-refractivity contribution in [2.75, 3.05) is 11.4 Å². The van der Waals surface area contributed by atoms with Gasteiger partial charge in [0, 0.05) is 18.7 Å². The molecular weight excluding hydrogens is 221 g/mol. The van der Waals surface area contributed by atoms with Crippen molar-refractivity contribution in [2.24, 2.45) is 0 Å². The van der Waals surface area contributed by atoms with E-state index in [4.69, 9.17) is 0 Å². The van der Waals surface area contributed by atoms with Crippen LogP contribution in [0.5, 0.6) is 0 Å². The van der Waals surface area contributed by atoms with Gasteiger partial charge in [-0.25, -0.2) is 4.39 Å². The van der Waals surface area contributed by atoms with Gasteiger partial charge in [-0.15, -0.1) is 0 Å². The molecule has 0 aromatic heterocycles. The van der Waals surface area contributed by atoms with E-state index in [9.17, 15) is 14.3 Å². The Labute approximate surface area is 98.9 Å². The highest BCUT2D eigenvalue weighted by molar-refractivity contribution is 5.95. The van der Waals surface area contributed by atoms with Gasteiger partial charge in [0.05, 0.1) is 6.10 Å². The average molecular weight is 235 g/mol. The lowest BCUT2D eigenvalue weighted by atomic mass is 10.1. The highest BCUT2D eigenvalue weighted by Crippen LogP contribution is 2.36. The lowest BCUT2D eigenvalue weighted by molar-refractivity contribution is -0.117. The molecular formula is C13H14FNO2. The predicted molar refractivity (Wildman–Crippen MR) is 61.3 cm³/mol. The number of hydrogen-bond acceptors (Lipinski definition) is 2. The van der Waals surface area contributed by atoms with Crippen molar-refractivity contribution < 1.29 is 14.3 Å². The molecule has 4 heteroatoms. The summed E-state index contributed by atoms with van der Waals surface area (Å²) in [6.45, 7) is 0.646. The number of amides is 1. The van der Waals surface area contributed by atoms with Crippen molar-refractivity contribution >= 4 is 11.6 Å². The molecule has 17 heavy (non-hydrogen) atoms. The van der Waals surface area contributed by atoms with E-state index in [1.54, 1.807) is 11.0 Å². The second kappa shape index (κ2) is 3.81. The number of carbonyl (C=O) groups excluding carboxylic acids is 1. The van der Waals surface area contributed by atoms with Crippen LogP contribution in [0, 0.1) is 5.82 Å². The molecule has 1 aliphatic carbocycles. The minimum atomic E-state index is -0.586. The van der Waals surface area contributed by atoms with Crippen molar-refractivity contribution in [3.63, 3.8) is 0 Å². The van der Waals surface area contributed by atoms with Gasteiger partial charge in [-0.05, 0) is 42.5 Å². The topological polar surface area (TPSA) is 40.5 Å². The maximum absolute atomic E-state index is 13.9. The molecule has 1 unspecified atom stereocenters. The number of aliphatic hydroxyl groups is 1. The van der Waals surface area contributed by atoms with E-state index in [1.807, 2.05) is 0 Å². The second-order valence-electron chi connectivity index (χ2n) is 4.70. The molecule has 1 amide bonds. The first kappa shape index (κ1) is 10.7. The smallest absolute Gasteiger partial charge is 0.227 e. The Hall–Kier alpha value is -1.42. The normalized spacial score (nSPS) is 23.3. The van der Waals surface area contributed by atoms with Crippen LogP contribution in [0.4, 0.5) is 10.1 Å². The van der Waals surface area contributed by atoms with Gasteiger partial charge >= 0.3 is 0 Å². The third kappa shape index (κ3) is 1.63. The SMILES string of the molecule is O=C1CCCN1c1cc(F)c2c(c1)C(O)CC2. The standard InChI is InChI=1S/C13H14FNO2/c14-11-7-8(15-5-1-2-13(15)17)6-10-9(11)3-4-12(10)16/h6-7,12,16H,1-5H2. The third-order valence-corrected chi connectivity index (χ3v) is 3.63. The molecule has 1 atom stereocenters. The van der Waals surface area contributed by atoms with E-state index in [0.717, 1.165) is 6.42 Å². The first-order valence-corrected chi connectivity index (χ1v) is 5.97. The van der Waals surface area contributed by atoms with E-state index >= 15 is 0 Å². The van der Waals surface area contributed by atoms with Gasteiger partial charge in [-0.3, -0.25) is 4.79 Å². The van der Waals surface area contributed by atoms with Crippen molar-refractivity contribution in [1.29, 1.82) is 0 Å². The third-order valence-electron chi connectivity index (χ3n) is 3.63. The van der Waals surface area contributed by atoms with Gasteiger partial charge in [0.25, 0.3) is 0 Å². The summed E-state index contributed by atoms with van der Waals surface area (Å²) in [5.41, 5.74) is 1.84. The summed E-state index contributed by atoms with van der Waals surface area (Å²) in [5, 5.41) is 9.77. The number of aliphatic hydroxyl groups excluding tert-OH is 1. The van der Waals surface area contributed by atoms with Crippen LogP contribution in [0.1, 0.15) is 36.5 Å². The minimum Gasteiger partial charge on any atom is -0.388 e. The number of benzene rings is 1. The lowest BCUT2D eigenvalue weighted by Crippen LogP contribution is -2.24. The monoisotopic (exact) mass is 235 g/mol. The van der Waals surface area contributed by atoms with Crippen LogP contribution in [0.3, 0.4) is 0 Å². The van der Waals surface area contributed by atoms with Crippen LogP contribution in [-0.2, 0) is 11.2 Å². The molecule has 0 saturated carbocycles. The fraction of sp³-hybridized carbons (Fsp3) is 0.462. The second-order valence-corrected chi connectivity index (χ2v) is 4.70. The van der Waals surface area contributed by atoms with Crippen molar-refractivity contribution in [1.82, 2.24) is 0 Å².